The van der Waals surface area contributed by atoms with Gasteiger partial charge in [-0.15, -0.1) is 11.8 Å². The van der Waals surface area contributed by atoms with Crippen LogP contribution in [-0.2, 0) is 22.6 Å². The van der Waals surface area contributed by atoms with Gasteiger partial charge in [0.1, 0.15) is 6.04 Å². The minimum atomic E-state index is -0.961. The van der Waals surface area contributed by atoms with Crippen LogP contribution in [0.25, 0.3) is 0 Å². The van der Waals surface area contributed by atoms with Crippen molar-refractivity contribution in [2.75, 3.05) is 12.3 Å². The van der Waals surface area contributed by atoms with Gasteiger partial charge in [-0.3, -0.25) is 9.59 Å². The van der Waals surface area contributed by atoms with Crippen LogP contribution in [0.5, 0.6) is 0 Å². The van der Waals surface area contributed by atoms with Crippen LogP contribution in [0.2, 0.25) is 0 Å². The molecular formula is C18H20N2O4S. The summed E-state index contributed by atoms with van der Waals surface area (Å²) in [6.07, 6.45) is 2.02. The maximum Gasteiger partial charge on any atom is 0.335 e. The molecule has 1 aromatic rings. The Labute approximate surface area is 150 Å². The van der Waals surface area contributed by atoms with Gasteiger partial charge >= 0.3 is 5.97 Å². The van der Waals surface area contributed by atoms with Crippen molar-refractivity contribution in [1.29, 1.82) is 0 Å². The van der Waals surface area contributed by atoms with E-state index in [9.17, 15) is 14.4 Å². The minimum absolute atomic E-state index is 0.0159. The molecule has 2 fully saturated rings. The van der Waals surface area contributed by atoms with Crippen molar-refractivity contribution in [3.8, 4) is 0 Å². The Hall–Kier alpha value is -2.02. The van der Waals surface area contributed by atoms with Crippen LogP contribution in [0.1, 0.15) is 41.3 Å². The molecule has 2 atom stereocenters. The molecule has 3 aliphatic rings. The van der Waals surface area contributed by atoms with Gasteiger partial charge in [-0.2, -0.15) is 0 Å². The molecule has 6 nitrogen and oxygen atoms in total. The van der Waals surface area contributed by atoms with Crippen LogP contribution in [-0.4, -0.2) is 55.9 Å². The van der Waals surface area contributed by atoms with Gasteiger partial charge in [-0.25, -0.2) is 4.79 Å². The van der Waals surface area contributed by atoms with E-state index in [1.165, 1.54) is 0 Å². The number of carboxylic acids is 1. The predicted octanol–water partition coefficient (Wildman–Crippen LogP) is 1.72. The third-order valence-corrected chi connectivity index (χ3v) is 7.01. The molecular weight excluding hydrogens is 340 g/mol. The summed E-state index contributed by atoms with van der Waals surface area (Å²) in [4.78, 5) is 39.8. The fourth-order valence-electron chi connectivity index (χ4n) is 4.09. The molecule has 2 amide bonds. The average molecular weight is 360 g/mol. The molecule has 1 N–H and O–H groups in total. The molecule has 0 bridgehead atoms. The Morgan fingerprint density at radius 2 is 2.08 bits per heavy atom. The number of carbonyl (C=O) groups is 3. The highest BCUT2D eigenvalue weighted by molar-refractivity contribution is 8.01. The number of amides is 2. The molecule has 2 saturated heterocycles. The molecule has 25 heavy (non-hydrogen) atoms. The first-order chi connectivity index (χ1) is 11.9. The van der Waals surface area contributed by atoms with Gasteiger partial charge in [-0.1, -0.05) is 6.07 Å². The zero-order valence-corrected chi connectivity index (χ0v) is 14.8. The molecule has 7 heteroatoms. The zero-order valence-electron chi connectivity index (χ0n) is 14.0. The maximum absolute atomic E-state index is 13.1. The highest BCUT2D eigenvalue weighted by atomic mass is 32.2. The molecule has 3 heterocycles. The molecule has 0 aliphatic carbocycles. The summed E-state index contributed by atoms with van der Waals surface area (Å²) in [5, 5.41) is 9.17. The largest absolute Gasteiger partial charge is 0.478 e. The molecule has 0 radical (unpaired) electrons. The van der Waals surface area contributed by atoms with Crippen LogP contribution >= 0.6 is 11.8 Å². The molecule has 0 aromatic heterocycles. The summed E-state index contributed by atoms with van der Waals surface area (Å²) in [5.74, 6) is -0.272. The van der Waals surface area contributed by atoms with E-state index in [1.54, 1.807) is 33.7 Å². The highest BCUT2D eigenvalue weighted by Crippen LogP contribution is 2.47. The van der Waals surface area contributed by atoms with Crippen LogP contribution in [0.3, 0.4) is 0 Å². The lowest BCUT2D eigenvalue weighted by atomic mass is 9.97. The standard InChI is InChI=1S/C18H20N2O4S/c1-18-6-4-15(21)20(18)14(10-25-18)16(22)19-7-5-11-2-3-12(17(23)24)8-13(11)9-19/h2-3,8,14H,4-7,9-10H2,1H3,(H,23,24). The Balaban J connectivity index is 1.55. The van der Waals surface area contributed by atoms with E-state index < -0.39 is 12.0 Å². The van der Waals surface area contributed by atoms with Crippen molar-refractivity contribution in [2.45, 2.75) is 43.6 Å². The lowest BCUT2D eigenvalue weighted by molar-refractivity contribution is -0.144. The monoisotopic (exact) mass is 360 g/mol. The Morgan fingerprint density at radius 3 is 2.84 bits per heavy atom. The quantitative estimate of drug-likeness (QED) is 0.869. The van der Waals surface area contributed by atoms with Gasteiger partial charge in [0.15, 0.2) is 0 Å². The number of aromatic carboxylic acids is 1. The van der Waals surface area contributed by atoms with Crippen molar-refractivity contribution in [3.05, 3.63) is 34.9 Å². The molecule has 3 aliphatic heterocycles. The second-order valence-corrected chi connectivity index (χ2v) is 8.57. The first kappa shape index (κ1) is 16.4. The molecule has 0 spiro atoms. The Morgan fingerprint density at radius 1 is 1.28 bits per heavy atom. The van der Waals surface area contributed by atoms with Crippen LogP contribution in [0.4, 0.5) is 0 Å². The van der Waals surface area contributed by atoms with Crippen molar-refractivity contribution in [1.82, 2.24) is 9.80 Å². The first-order valence-corrected chi connectivity index (χ1v) is 9.48. The molecule has 132 valence electrons. The SMILES string of the molecule is CC12CCC(=O)N1C(C(=O)N1CCc3ccc(C(=O)O)cc3C1)CS2. The summed E-state index contributed by atoms with van der Waals surface area (Å²) in [6, 6.07) is 4.72. The number of benzene rings is 1. The van der Waals surface area contributed by atoms with E-state index >= 15 is 0 Å². The summed E-state index contributed by atoms with van der Waals surface area (Å²) in [7, 11) is 0. The molecule has 4 rings (SSSR count). The van der Waals surface area contributed by atoms with Gasteiger partial charge in [-0.05, 0) is 43.0 Å². The number of thioether (sulfide) groups is 1. The normalized spacial score (nSPS) is 28.0. The summed E-state index contributed by atoms with van der Waals surface area (Å²) < 4.78 is 0. The van der Waals surface area contributed by atoms with E-state index in [-0.39, 0.29) is 22.2 Å². The van der Waals surface area contributed by atoms with Crippen molar-refractivity contribution in [3.63, 3.8) is 0 Å². The number of fused-ring (bicyclic) bond motifs is 2. The van der Waals surface area contributed by atoms with Crippen LogP contribution < -0.4 is 0 Å². The Bertz CT molecular complexity index is 780. The third kappa shape index (κ3) is 2.61. The molecule has 0 saturated carbocycles. The predicted molar refractivity (Wildman–Crippen MR) is 93.3 cm³/mol. The maximum atomic E-state index is 13.1. The van der Waals surface area contributed by atoms with E-state index in [1.807, 2.05) is 13.0 Å². The fraction of sp³-hybridized carbons (Fsp3) is 0.500. The van der Waals surface area contributed by atoms with Gasteiger partial charge in [0.25, 0.3) is 0 Å². The summed E-state index contributed by atoms with van der Waals surface area (Å²) in [6.45, 7) is 3.06. The molecule has 1 aromatic carbocycles. The van der Waals surface area contributed by atoms with E-state index in [4.69, 9.17) is 5.11 Å². The van der Waals surface area contributed by atoms with Gasteiger partial charge in [0.05, 0.1) is 10.4 Å². The molecule has 2 unspecified atom stereocenters. The number of nitrogens with zero attached hydrogens (tertiary/aromatic N) is 2. The number of hydrogen-bond donors (Lipinski definition) is 1. The van der Waals surface area contributed by atoms with E-state index in [0.29, 0.717) is 31.7 Å². The summed E-state index contributed by atoms with van der Waals surface area (Å²) in [5.41, 5.74) is 2.23. The highest BCUT2D eigenvalue weighted by Gasteiger charge is 2.53. The van der Waals surface area contributed by atoms with Crippen LogP contribution in [0, 0.1) is 0 Å². The smallest absolute Gasteiger partial charge is 0.335 e. The number of carbonyl (C=O) groups excluding carboxylic acids is 2. The number of rotatable bonds is 2. The number of hydrogen-bond acceptors (Lipinski definition) is 4. The van der Waals surface area contributed by atoms with Gasteiger partial charge in [0.2, 0.25) is 11.8 Å². The lowest BCUT2D eigenvalue weighted by Crippen LogP contribution is -2.52. The lowest BCUT2D eigenvalue weighted by Gasteiger charge is -2.35. The third-order valence-electron chi connectivity index (χ3n) is 5.51. The topological polar surface area (TPSA) is 77.9 Å². The minimum Gasteiger partial charge on any atom is -0.478 e. The summed E-state index contributed by atoms with van der Waals surface area (Å²) >= 11 is 1.69. The van der Waals surface area contributed by atoms with Crippen LogP contribution in [0.15, 0.2) is 18.2 Å². The second-order valence-electron chi connectivity index (χ2n) is 7.06. The second kappa shape index (κ2) is 5.76. The number of carboxylic acid groups (broad SMARTS) is 1. The Kier molecular flexibility index (Phi) is 3.79. The van der Waals surface area contributed by atoms with Gasteiger partial charge in [0, 0.05) is 25.3 Å². The average Bonchev–Trinajstić information content (AvgIpc) is 3.09. The first-order valence-electron chi connectivity index (χ1n) is 8.49. The van der Waals surface area contributed by atoms with Crippen molar-refractivity contribution >= 4 is 29.5 Å². The fourth-order valence-corrected chi connectivity index (χ4v) is 5.52. The zero-order chi connectivity index (χ0) is 17.8. The van der Waals surface area contributed by atoms with Crippen molar-refractivity contribution in [2.24, 2.45) is 0 Å². The van der Waals surface area contributed by atoms with E-state index in [0.717, 1.165) is 17.5 Å². The van der Waals surface area contributed by atoms with Crippen molar-refractivity contribution < 1.29 is 19.5 Å². The van der Waals surface area contributed by atoms with E-state index in [2.05, 4.69) is 0 Å². The van der Waals surface area contributed by atoms with Gasteiger partial charge < -0.3 is 14.9 Å².